The number of amides is 1. The molecule has 3 aliphatic rings. The molecule has 1 unspecified atom stereocenters. The first-order valence-electron chi connectivity index (χ1n) is 12.0. The van der Waals surface area contributed by atoms with Crippen LogP contribution in [0.2, 0.25) is 0 Å². The van der Waals surface area contributed by atoms with Gasteiger partial charge < -0.3 is 24.5 Å². The van der Waals surface area contributed by atoms with Gasteiger partial charge in [-0.25, -0.2) is 0 Å². The molecule has 1 saturated carbocycles. The van der Waals surface area contributed by atoms with Gasteiger partial charge >= 0.3 is 6.36 Å². The van der Waals surface area contributed by atoms with Gasteiger partial charge in [-0.2, -0.15) is 0 Å². The maximum Gasteiger partial charge on any atom is 0.573 e. The van der Waals surface area contributed by atoms with Gasteiger partial charge in [-0.15, -0.1) is 13.2 Å². The van der Waals surface area contributed by atoms with E-state index in [4.69, 9.17) is 0 Å². The summed E-state index contributed by atoms with van der Waals surface area (Å²) in [7, 11) is 0. The predicted molar refractivity (Wildman–Crippen MR) is 119 cm³/mol. The summed E-state index contributed by atoms with van der Waals surface area (Å²) in [5.41, 5.74) is 1.25. The second kappa shape index (κ2) is 10.1. The van der Waals surface area contributed by atoms with Crippen molar-refractivity contribution < 1.29 is 27.8 Å². The molecule has 0 radical (unpaired) electrons. The zero-order chi connectivity index (χ0) is 23.5. The van der Waals surface area contributed by atoms with Crippen LogP contribution >= 0.6 is 0 Å². The van der Waals surface area contributed by atoms with Crippen LogP contribution in [-0.2, 0) is 4.79 Å². The molecule has 4 rings (SSSR count). The first kappa shape index (κ1) is 24.1. The molecule has 1 N–H and O–H groups in total. The largest absolute Gasteiger partial charge is 0.573 e. The zero-order valence-corrected chi connectivity index (χ0v) is 19.0. The predicted octanol–water partition coefficient (Wildman–Crippen LogP) is 3.64. The van der Waals surface area contributed by atoms with Crippen molar-refractivity contribution in [2.24, 2.45) is 5.41 Å². The maximum absolute atomic E-state index is 12.8. The average Bonchev–Trinajstić information content (AvgIpc) is 3.56. The summed E-state index contributed by atoms with van der Waals surface area (Å²) in [5, 5.41) is 9.99. The van der Waals surface area contributed by atoms with Gasteiger partial charge in [0.05, 0.1) is 12.6 Å². The van der Waals surface area contributed by atoms with E-state index in [1.807, 2.05) is 4.90 Å². The smallest absolute Gasteiger partial charge is 0.406 e. The van der Waals surface area contributed by atoms with Crippen molar-refractivity contribution in [3.05, 3.63) is 24.3 Å². The number of ether oxygens (including phenoxy) is 1. The van der Waals surface area contributed by atoms with Crippen molar-refractivity contribution in [2.75, 3.05) is 50.8 Å². The topological polar surface area (TPSA) is 56.3 Å². The summed E-state index contributed by atoms with van der Waals surface area (Å²) < 4.78 is 41.7. The molecule has 1 aromatic carbocycles. The second-order valence-corrected chi connectivity index (χ2v) is 9.69. The number of aliphatic hydroxyl groups excluding tert-OH is 1. The van der Waals surface area contributed by atoms with Gasteiger partial charge in [-0.05, 0) is 75.7 Å². The Labute approximate surface area is 193 Å². The Kier molecular flexibility index (Phi) is 7.38. The molecule has 33 heavy (non-hydrogen) atoms. The number of piperidine rings is 1. The number of anilines is 1. The number of hydrogen-bond donors (Lipinski definition) is 1. The highest BCUT2D eigenvalue weighted by Gasteiger charge is 2.44. The first-order valence-corrected chi connectivity index (χ1v) is 12.0. The minimum atomic E-state index is -4.74. The number of benzene rings is 1. The highest BCUT2D eigenvalue weighted by molar-refractivity contribution is 5.78. The van der Waals surface area contributed by atoms with Crippen LogP contribution in [0.3, 0.4) is 0 Å². The van der Waals surface area contributed by atoms with Crippen molar-refractivity contribution in [1.29, 1.82) is 0 Å². The number of hydrogen-bond acceptors (Lipinski definition) is 5. The van der Waals surface area contributed by atoms with Gasteiger partial charge in [0.25, 0.3) is 0 Å². The molecule has 0 bridgehead atoms. The monoisotopic (exact) mass is 469 g/mol. The third-order valence-electron chi connectivity index (χ3n) is 7.48. The summed E-state index contributed by atoms with van der Waals surface area (Å²) in [5.74, 6) is -0.293. The van der Waals surface area contributed by atoms with Crippen LogP contribution in [0.25, 0.3) is 0 Å². The van der Waals surface area contributed by atoms with Crippen molar-refractivity contribution in [3.63, 3.8) is 0 Å². The summed E-state index contributed by atoms with van der Waals surface area (Å²) in [6, 6.07) is 5.62. The molecule has 0 aromatic heterocycles. The molecule has 9 heteroatoms. The molecule has 1 aromatic rings. The second-order valence-electron chi connectivity index (χ2n) is 9.69. The molecule has 6 nitrogen and oxygen atoms in total. The van der Waals surface area contributed by atoms with Gasteiger partial charge in [0.1, 0.15) is 5.75 Å². The van der Waals surface area contributed by atoms with E-state index in [1.165, 1.54) is 43.9 Å². The number of carbonyl (C=O) groups excluding carboxylic acids is 1. The summed E-state index contributed by atoms with van der Waals surface area (Å²) in [4.78, 5) is 18.9. The molecular formula is C24H34F3N3O3. The fraction of sp³-hybridized carbons (Fsp3) is 0.708. The highest BCUT2D eigenvalue weighted by Crippen LogP contribution is 2.53. The van der Waals surface area contributed by atoms with E-state index in [0.717, 1.165) is 32.5 Å². The van der Waals surface area contributed by atoms with Crippen molar-refractivity contribution in [1.82, 2.24) is 9.80 Å². The minimum absolute atomic E-state index is 0.0205. The standard InChI is InChI=1S/C24H34F3N3O3/c25-24(26,27)33-21-5-1-3-19(17-21)29-12-6-22(32)30(16-15-29)20(18-31)4-2-11-28-13-9-23(7-8-23)10-14-28/h1,3,5,17,20,31H,2,4,6-16,18H2. The number of aliphatic hydroxyl groups is 1. The third kappa shape index (κ3) is 6.53. The van der Waals surface area contributed by atoms with Crippen LogP contribution < -0.4 is 9.64 Å². The van der Waals surface area contributed by atoms with Gasteiger partial charge in [-0.1, -0.05) is 6.07 Å². The molecule has 1 amide bonds. The molecule has 2 heterocycles. The highest BCUT2D eigenvalue weighted by atomic mass is 19.4. The number of alkyl halides is 3. The molecule has 184 valence electrons. The van der Waals surface area contributed by atoms with Crippen molar-refractivity contribution in [2.45, 2.75) is 57.3 Å². The Balaban J connectivity index is 1.28. The van der Waals surface area contributed by atoms with Crippen LogP contribution in [0.5, 0.6) is 5.75 Å². The Bertz CT molecular complexity index is 806. The van der Waals surface area contributed by atoms with E-state index in [2.05, 4.69) is 9.64 Å². The lowest BCUT2D eigenvalue weighted by Gasteiger charge is -2.33. The fourth-order valence-corrected chi connectivity index (χ4v) is 5.18. The molecule has 1 spiro atoms. The van der Waals surface area contributed by atoms with Crippen molar-refractivity contribution in [3.8, 4) is 5.75 Å². The Morgan fingerprint density at radius 3 is 2.48 bits per heavy atom. The SMILES string of the molecule is O=C1CCN(c2cccc(OC(F)(F)F)c2)CCN1C(CO)CCCN1CCC2(CC1)CC2. The Hall–Kier alpha value is -2.00. The zero-order valence-electron chi connectivity index (χ0n) is 19.0. The average molecular weight is 470 g/mol. The summed E-state index contributed by atoms with van der Waals surface area (Å²) in [6.45, 7) is 4.55. The normalized spacial score (nSPS) is 22.4. The maximum atomic E-state index is 12.8. The van der Waals surface area contributed by atoms with Crippen LogP contribution in [-0.4, -0.2) is 79.1 Å². The van der Waals surface area contributed by atoms with E-state index in [-0.39, 0.29) is 30.7 Å². The van der Waals surface area contributed by atoms with E-state index < -0.39 is 6.36 Å². The first-order chi connectivity index (χ1) is 15.8. The lowest BCUT2D eigenvalue weighted by atomic mass is 9.93. The fourth-order valence-electron chi connectivity index (χ4n) is 5.18. The molecule has 3 fully saturated rings. The third-order valence-corrected chi connectivity index (χ3v) is 7.48. The number of nitrogens with zero attached hydrogens (tertiary/aromatic N) is 3. The Morgan fingerprint density at radius 2 is 1.82 bits per heavy atom. The number of carbonyl (C=O) groups is 1. The summed E-state index contributed by atoms with van der Waals surface area (Å²) >= 11 is 0. The van der Waals surface area contributed by atoms with E-state index in [0.29, 0.717) is 30.7 Å². The van der Waals surface area contributed by atoms with E-state index in [1.54, 1.807) is 11.0 Å². The minimum Gasteiger partial charge on any atom is -0.406 e. The van der Waals surface area contributed by atoms with Crippen molar-refractivity contribution >= 4 is 11.6 Å². The quantitative estimate of drug-likeness (QED) is 0.630. The number of rotatable bonds is 8. The molecule has 1 aliphatic carbocycles. The van der Waals surface area contributed by atoms with Crippen LogP contribution in [0, 0.1) is 5.41 Å². The molecule has 2 saturated heterocycles. The molecule has 1 atom stereocenters. The van der Waals surface area contributed by atoms with Crippen LogP contribution in [0.1, 0.15) is 44.9 Å². The van der Waals surface area contributed by atoms with Gasteiger partial charge in [0, 0.05) is 37.8 Å². The lowest BCUT2D eigenvalue weighted by Crippen LogP contribution is -2.44. The van der Waals surface area contributed by atoms with Gasteiger partial charge in [0.2, 0.25) is 5.91 Å². The van der Waals surface area contributed by atoms with E-state index in [9.17, 15) is 23.1 Å². The molecule has 2 aliphatic heterocycles. The lowest BCUT2D eigenvalue weighted by molar-refractivity contribution is -0.274. The van der Waals surface area contributed by atoms with E-state index >= 15 is 0 Å². The van der Waals surface area contributed by atoms with Gasteiger partial charge in [0.15, 0.2) is 0 Å². The molecular weight excluding hydrogens is 435 g/mol. The number of halogens is 3. The van der Waals surface area contributed by atoms with Crippen LogP contribution in [0.15, 0.2) is 24.3 Å². The Morgan fingerprint density at radius 1 is 1.06 bits per heavy atom. The number of likely N-dealkylation sites (tertiary alicyclic amines) is 1. The van der Waals surface area contributed by atoms with Crippen LogP contribution in [0.4, 0.5) is 18.9 Å². The van der Waals surface area contributed by atoms with Gasteiger partial charge in [-0.3, -0.25) is 4.79 Å². The summed E-state index contributed by atoms with van der Waals surface area (Å²) in [6.07, 6.45) is 2.57.